The van der Waals surface area contributed by atoms with E-state index >= 15 is 0 Å². The number of rotatable bonds is 9. The van der Waals surface area contributed by atoms with Crippen LogP contribution in [0.4, 0.5) is 0 Å². The lowest BCUT2D eigenvalue weighted by Gasteiger charge is -2.15. The van der Waals surface area contributed by atoms with Gasteiger partial charge in [0.15, 0.2) is 0 Å². The monoisotopic (exact) mass is 258 g/mol. The Morgan fingerprint density at radius 1 is 1.44 bits per heavy atom. The van der Waals surface area contributed by atoms with E-state index in [1.807, 2.05) is 0 Å². The van der Waals surface area contributed by atoms with Crippen LogP contribution in [0.5, 0.6) is 0 Å². The molecule has 1 aliphatic rings. The summed E-state index contributed by atoms with van der Waals surface area (Å²) in [5.41, 5.74) is 0. The summed E-state index contributed by atoms with van der Waals surface area (Å²) in [5, 5.41) is 15.5. The van der Waals surface area contributed by atoms with Crippen LogP contribution < -0.4 is 10.6 Å². The lowest BCUT2D eigenvalue weighted by molar-refractivity contribution is -0.120. The van der Waals surface area contributed by atoms with Gasteiger partial charge in [-0.3, -0.25) is 4.79 Å². The minimum atomic E-state index is -0.333. The predicted molar refractivity (Wildman–Crippen MR) is 70.3 cm³/mol. The highest BCUT2D eigenvalue weighted by Crippen LogP contribution is 2.28. The summed E-state index contributed by atoms with van der Waals surface area (Å²) in [6.45, 7) is 1.80. The minimum Gasteiger partial charge on any atom is -0.392 e. The van der Waals surface area contributed by atoms with Crippen LogP contribution >= 0.6 is 0 Å². The van der Waals surface area contributed by atoms with E-state index in [2.05, 4.69) is 10.6 Å². The first kappa shape index (κ1) is 15.4. The molecule has 1 fully saturated rings. The fourth-order valence-corrected chi connectivity index (χ4v) is 2.42. The molecule has 3 N–H and O–H groups in total. The summed E-state index contributed by atoms with van der Waals surface area (Å²) in [5.74, 6) is 0.623. The molecule has 5 nitrogen and oxygen atoms in total. The first-order valence-electron chi connectivity index (χ1n) is 6.86. The van der Waals surface area contributed by atoms with Crippen molar-refractivity contribution in [2.75, 3.05) is 33.4 Å². The van der Waals surface area contributed by atoms with Crippen molar-refractivity contribution >= 4 is 5.91 Å². The maximum atomic E-state index is 11.3. The van der Waals surface area contributed by atoms with Gasteiger partial charge in [-0.25, -0.2) is 0 Å². The molecule has 0 bridgehead atoms. The number of carbonyl (C=O) groups is 1. The summed E-state index contributed by atoms with van der Waals surface area (Å²) in [6, 6.07) is 0. The van der Waals surface area contributed by atoms with E-state index in [1.54, 1.807) is 7.11 Å². The van der Waals surface area contributed by atoms with Gasteiger partial charge in [0.05, 0.1) is 19.3 Å². The molecule has 1 amide bonds. The minimum absolute atomic E-state index is 0.0554. The topological polar surface area (TPSA) is 70.6 Å². The molecule has 1 rings (SSSR count). The number of hydrogen-bond donors (Lipinski definition) is 3. The van der Waals surface area contributed by atoms with Gasteiger partial charge in [-0.1, -0.05) is 25.7 Å². The van der Waals surface area contributed by atoms with Gasteiger partial charge in [0.1, 0.15) is 0 Å². The second kappa shape index (κ2) is 9.30. The van der Waals surface area contributed by atoms with Gasteiger partial charge >= 0.3 is 0 Å². The maximum absolute atomic E-state index is 11.3. The first-order chi connectivity index (χ1) is 8.72. The van der Waals surface area contributed by atoms with Crippen molar-refractivity contribution in [3.63, 3.8) is 0 Å². The average Bonchev–Trinajstić information content (AvgIpc) is 2.82. The van der Waals surface area contributed by atoms with E-state index in [4.69, 9.17) is 4.74 Å². The van der Waals surface area contributed by atoms with Crippen LogP contribution in [0.1, 0.15) is 32.1 Å². The quantitative estimate of drug-likeness (QED) is 0.520. The highest BCUT2D eigenvalue weighted by atomic mass is 16.5. The molecule has 0 saturated heterocycles. The molecule has 0 heterocycles. The number of aliphatic hydroxyl groups excluding tert-OH is 1. The second-order valence-corrected chi connectivity index (χ2v) is 5.01. The fourth-order valence-electron chi connectivity index (χ4n) is 2.42. The molecule has 0 aromatic heterocycles. The van der Waals surface area contributed by atoms with Crippen molar-refractivity contribution < 1.29 is 14.6 Å². The lowest BCUT2D eigenvalue weighted by atomic mass is 10.0. The first-order valence-corrected chi connectivity index (χ1v) is 6.86. The zero-order chi connectivity index (χ0) is 13.2. The Kier molecular flexibility index (Phi) is 7.96. The summed E-state index contributed by atoms with van der Waals surface area (Å²) in [4.78, 5) is 11.3. The van der Waals surface area contributed by atoms with Gasteiger partial charge in [0.25, 0.3) is 0 Å². The van der Waals surface area contributed by atoms with Crippen molar-refractivity contribution in [1.82, 2.24) is 10.6 Å². The van der Waals surface area contributed by atoms with Crippen molar-refractivity contribution in [3.8, 4) is 0 Å². The molecule has 5 heteroatoms. The number of carbonyl (C=O) groups excluding carboxylic acids is 1. The molecule has 0 aromatic rings. The van der Waals surface area contributed by atoms with E-state index < -0.39 is 0 Å². The molecule has 0 aromatic carbocycles. The summed E-state index contributed by atoms with van der Waals surface area (Å²) < 4.78 is 4.83. The number of ether oxygens (including phenoxy) is 1. The Bertz CT molecular complexity index is 230. The molecular weight excluding hydrogens is 232 g/mol. The number of nitrogens with one attached hydrogen (secondary N) is 2. The third-order valence-corrected chi connectivity index (χ3v) is 3.37. The highest BCUT2D eigenvalue weighted by Gasteiger charge is 2.18. The fraction of sp³-hybridized carbons (Fsp3) is 0.923. The van der Waals surface area contributed by atoms with E-state index in [9.17, 15) is 9.90 Å². The van der Waals surface area contributed by atoms with Crippen LogP contribution in [0.15, 0.2) is 0 Å². The van der Waals surface area contributed by atoms with Crippen LogP contribution in [-0.2, 0) is 9.53 Å². The third-order valence-electron chi connectivity index (χ3n) is 3.37. The molecule has 0 spiro atoms. The van der Waals surface area contributed by atoms with Crippen LogP contribution in [0.3, 0.4) is 0 Å². The zero-order valence-corrected chi connectivity index (χ0v) is 11.3. The largest absolute Gasteiger partial charge is 0.392 e. The molecule has 1 aliphatic carbocycles. The molecule has 1 atom stereocenters. The van der Waals surface area contributed by atoms with Gasteiger partial charge in [0, 0.05) is 20.2 Å². The number of hydrogen-bond acceptors (Lipinski definition) is 4. The van der Waals surface area contributed by atoms with Crippen LogP contribution in [0.25, 0.3) is 0 Å². The number of amides is 1. The standard InChI is InChI=1S/C13H26N2O3/c1-18-7-6-15-13(17)10-14-9-12(16)8-11-4-2-3-5-11/h11-12,14,16H,2-10H2,1H3,(H,15,17). The third kappa shape index (κ3) is 6.93. The lowest BCUT2D eigenvalue weighted by Crippen LogP contribution is -2.38. The van der Waals surface area contributed by atoms with Crippen molar-refractivity contribution in [1.29, 1.82) is 0 Å². The van der Waals surface area contributed by atoms with E-state index in [0.717, 1.165) is 6.42 Å². The summed E-state index contributed by atoms with van der Waals surface area (Å²) >= 11 is 0. The van der Waals surface area contributed by atoms with Gasteiger partial charge in [-0.05, 0) is 12.3 Å². The van der Waals surface area contributed by atoms with Crippen LogP contribution in [0.2, 0.25) is 0 Å². The van der Waals surface area contributed by atoms with Gasteiger partial charge < -0.3 is 20.5 Å². The van der Waals surface area contributed by atoms with Crippen molar-refractivity contribution in [2.24, 2.45) is 5.92 Å². The van der Waals surface area contributed by atoms with Gasteiger partial charge in [0.2, 0.25) is 5.91 Å². The maximum Gasteiger partial charge on any atom is 0.234 e. The van der Waals surface area contributed by atoms with Gasteiger partial charge in [-0.2, -0.15) is 0 Å². The average molecular weight is 258 g/mol. The highest BCUT2D eigenvalue weighted by molar-refractivity contribution is 5.77. The Hall–Kier alpha value is -0.650. The molecule has 1 saturated carbocycles. The van der Waals surface area contributed by atoms with Crippen molar-refractivity contribution in [3.05, 3.63) is 0 Å². The zero-order valence-electron chi connectivity index (χ0n) is 11.3. The number of aliphatic hydroxyl groups is 1. The SMILES string of the molecule is COCCNC(=O)CNCC(O)CC1CCCC1. The molecule has 0 radical (unpaired) electrons. The van der Waals surface area contributed by atoms with Crippen LogP contribution in [0, 0.1) is 5.92 Å². The second-order valence-electron chi connectivity index (χ2n) is 5.01. The smallest absolute Gasteiger partial charge is 0.234 e. The molecule has 1 unspecified atom stereocenters. The number of methoxy groups -OCH3 is 1. The molecule has 18 heavy (non-hydrogen) atoms. The van der Waals surface area contributed by atoms with Gasteiger partial charge in [-0.15, -0.1) is 0 Å². The molecular formula is C13H26N2O3. The Morgan fingerprint density at radius 3 is 2.83 bits per heavy atom. The Morgan fingerprint density at radius 2 is 2.17 bits per heavy atom. The normalized spacial score (nSPS) is 17.9. The molecule has 106 valence electrons. The Balaban J connectivity index is 1.97. The van der Waals surface area contributed by atoms with Crippen molar-refractivity contribution in [2.45, 2.75) is 38.2 Å². The Labute approximate surface area is 109 Å². The van der Waals surface area contributed by atoms with E-state index in [0.29, 0.717) is 25.6 Å². The molecule has 0 aliphatic heterocycles. The van der Waals surface area contributed by atoms with E-state index in [-0.39, 0.29) is 18.6 Å². The van der Waals surface area contributed by atoms with Crippen LogP contribution in [-0.4, -0.2) is 50.5 Å². The summed E-state index contributed by atoms with van der Waals surface area (Å²) in [6.07, 6.45) is 5.61. The summed E-state index contributed by atoms with van der Waals surface area (Å²) in [7, 11) is 1.60. The predicted octanol–water partition coefficient (Wildman–Crippen LogP) is 0.280. The van der Waals surface area contributed by atoms with E-state index in [1.165, 1.54) is 25.7 Å².